The van der Waals surface area contributed by atoms with Gasteiger partial charge in [0.1, 0.15) is 0 Å². The number of ether oxygens (including phenoxy) is 1. The summed E-state index contributed by atoms with van der Waals surface area (Å²) < 4.78 is 32.5. The number of aryl methyl sites for hydroxylation is 2. The largest absolute Gasteiger partial charge is 0.462 e. The minimum Gasteiger partial charge on any atom is -0.462 e. The predicted octanol–water partition coefficient (Wildman–Crippen LogP) is 3.28. The normalized spacial score (nSPS) is 11.1. The number of para-hydroxylation sites is 1. The van der Waals surface area contributed by atoms with Gasteiger partial charge in [-0.25, -0.2) is 13.2 Å². The average Bonchev–Trinajstić information content (AvgIpc) is 2.50. The summed E-state index contributed by atoms with van der Waals surface area (Å²) in [7, 11) is -3.78. The van der Waals surface area contributed by atoms with Gasteiger partial charge in [-0.1, -0.05) is 18.2 Å². The summed E-state index contributed by atoms with van der Waals surface area (Å²) >= 11 is 0. The van der Waals surface area contributed by atoms with Gasteiger partial charge in [0.25, 0.3) is 10.0 Å². The molecule has 2 rings (SSSR count). The molecule has 0 aliphatic carbocycles. The number of carbonyl (C=O) groups excluding carboxylic acids is 1. The fourth-order valence-corrected chi connectivity index (χ4v) is 3.21. The number of carbonyl (C=O) groups is 1. The van der Waals surface area contributed by atoms with Gasteiger partial charge < -0.3 is 4.74 Å². The Morgan fingerprint density at radius 2 is 1.78 bits per heavy atom. The van der Waals surface area contributed by atoms with Crippen LogP contribution in [-0.2, 0) is 14.8 Å². The van der Waals surface area contributed by atoms with Crippen molar-refractivity contribution in [2.45, 2.75) is 25.7 Å². The monoisotopic (exact) mass is 333 g/mol. The van der Waals surface area contributed by atoms with Crippen molar-refractivity contribution in [3.8, 4) is 0 Å². The molecule has 2 aromatic carbocycles. The molecule has 0 heterocycles. The van der Waals surface area contributed by atoms with Crippen molar-refractivity contribution >= 4 is 21.7 Å². The average molecular weight is 333 g/mol. The Hall–Kier alpha value is -2.34. The zero-order valence-electron chi connectivity index (χ0n) is 13.3. The number of esters is 1. The van der Waals surface area contributed by atoms with Crippen LogP contribution < -0.4 is 4.72 Å². The summed E-state index contributed by atoms with van der Waals surface area (Å²) in [5.41, 5.74) is 2.27. The molecule has 1 N–H and O–H groups in total. The topological polar surface area (TPSA) is 72.5 Å². The molecule has 0 spiro atoms. The van der Waals surface area contributed by atoms with Crippen LogP contribution in [0.3, 0.4) is 0 Å². The van der Waals surface area contributed by atoms with Crippen molar-refractivity contribution in [3.63, 3.8) is 0 Å². The van der Waals surface area contributed by atoms with Crippen LogP contribution in [0.15, 0.2) is 47.4 Å². The van der Waals surface area contributed by atoms with E-state index in [1.54, 1.807) is 31.2 Å². The van der Waals surface area contributed by atoms with Crippen molar-refractivity contribution in [1.82, 2.24) is 0 Å². The third kappa shape index (κ3) is 3.90. The Morgan fingerprint density at radius 1 is 1.09 bits per heavy atom. The first-order valence-electron chi connectivity index (χ1n) is 7.21. The van der Waals surface area contributed by atoms with Gasteiger partial charge in [0.05, 0.1) is 22.8 Å². The summed E-state index contributed by atoms with van der Waals surface area (Å²) in [5, 5.41) is 0. The minimum atomic E-state index is -3.78. The number of benzene rings is 2. The number of anilines is 1. The molecule has 5 nitrogen and oxygen atoms in total. The summed E-state index contributed by atoms with van der Waals surface area (Å²) in [5.74, 6) is -0.564. The number of sulfonamides is 1. The first kappa shape index (κ1) is 17.0. The second kappa shape index (κ2) is 6.83. The summed E-state index contributed by atoms with van der Waals surface area (Å²) in [6, 6.07) is 11.3. The molecule has 0 unspecified atom stereocenters. The van der Waals surface area contributed by atoms with E-state index in [1.165, 1.54) is 18.2 Å². The van der Waals surface area contributed by atoms with Gasteiger partial charge in [-0.2, -0.15) is 0 Å². The van der Waals surface area contributed by atoms with E-state index >= 15 is 0 Å². The summed E-state index contributed by atoms with van der Waals surface area (Å²) in [6.45, 7) is 5.67. The lowest BCUT2D eigenvalue weighted by Gasteiger charge is -2.12. The standard InChI is InChI=1S/C17H19NO4S/c1-4-22-17(19)15-7-5-6-8-16(15)18-23(20,21)14-10-9-12(2)13(3)11-14/h5-11,18H,4H2,1-3H3. The first-order chi connectivity index (χ1) is 10.8. The molecule has 6 heteroatoms. The quantitative estimate of drug-likeness (QED) is 0.852. The molecule has 2 aromatic rings. The number of hydrogen-bond donors (Lipinski definition) is 1. The molecule has 0 saturated heterocycles. The predicted molar refractivity (Wildman–Crippen MR) is 89.1 cm³/mol. The van der Waals surface area contributed by atoms with E-state index in [2.05, 4.69) is 4.72 Å². The molecule has 0 fully saturated rings. The lowest BCUT2D eigenvalue weighted by molar-refractivity contribution is 0.0527. The van der Waals surface area contributed by atoms with Crippen LogP contribution in [0.5, 0.6) is 0 Å². The second-order valence-electron chi connectivity index (χ2n) is 5.12. The van der Waals surface area contributed by atoms with Gasteiger partial charge in [0.15, 0.2) is 0 Å². The van der Waals surface area contributed by atoms with Crippen molar-refractivity contribution in [2.75, 3.05) is 11.3 Å². The zero-order valence-corrected chi connectivity index (χ0v) is 14.1. The van der Waals surface area contributed by atoms with Crippen LogP contribution in [0.25, 0.3) is 0 Å². The zero-order chi connectivity index (χ0) is 17.0. The van der Waals surface area contributed by atoms with Crippen LogP contribution in [0.1, 0.15) is 28.4 Å². The molecule has 0 aliphatic rings. The highest BCUT2D eigenvalue weighted by atomic mass is 32.2. The SMILES string of the molecule is CCOC(=O)c1ccccc1NS(=O)(=O)c1ccc(C)c(C)c1. The second-order valence-corrected chi connectivity index (χ2v) is 6.80. The van der Waals surface area contributed by atoms with Crippen LogP contribution in [-0.4, -0.2) is 21.0 Å². The molecule has 0 amide bonds. The van der Waals surface area contributed by atoms with Gasteiger partial charge in [0.2, 0.25) is 0 Å². The highest BCUT2D eigenvalue weighted by molar-refractivity contribution is 7.92. The van der Waals surface area contributed by atoms with Crippen molar-refractivity contribution < 1.29 is 17.9 Å². The van der Waals surface area contributed by atoms with E-state index in [4.69, 9.17) is 4.74 Å². The molecule has 0 aliphatic heterocycles. The Bertz CT molecular complexity index is 828. The summed E-state index contributed by atoms with van der Waals surface area (Å²) in [4.78, 5) is 12.1. The summed E-state index contributed by atoms with van der Waals surface area (Å²) in [6.07, 6.45) is 0. The molecule has 0 atom stereocenters. The van der Waals surface area contributed by atoms with Gasteiger partial charge >= 0.3 is 5.97 Å². The maximum Gasteiger partial charge on any atom is 0.340 e. The maximum atomic E-state index is 12.5. The van der Waals surface area contributed by atoms with Gasteiger partial charge in [0, 0.05) is 0 Å². The van der Waals surface area contributed by atoms with Crippen LogP contribution in [0.2, 0.25) is 0 Å². The van der Waals surface area contributed by atoms with Crippen LogP contribution in [0.4, 0.5) is 5.69 Å². The Morgan fingerprint density at radius 3 is 2.43 bits per heavy atom. The molecular formula is C17H19NO4S. The van der Waals surface area contributed by atoms with Gasteiger partial charge in [-0.15, -0.1) is 0 Å². The maximum absolute atomic E-state index is 12.5. The molecule has 0 radical (unpaired) electrons. The fraction of sp³-hybridized carbons (Fsp3) is 0.235. The van der Waals surface area contributed by atoms with Crippen LogP contribution in [0, 0.1) is 13.8 Å². The Labute approximate surface area is 136 Å². The molecule has 23 heavy (non-hydrogen) atoms. The number of rotatable bonds is 5. The molecule has 0 bridgehead atoms. The van der Waals surface area contributed by atoms with Crippen LogP contribution >= 0.6 is 0 Å². The third-order valence-corrected chi connectivity index (χ3v) is 4.82. The van der Waals surface area contributed by atoms with Crippen molar-refractivity contribution in [3.05, 3.63) is 59.2 Å². The lowest BCUT2D eigenvalue weighted by Crippen LogP contribution is -2.16. The number of nitrogens with one attached hydrogen (secondary N) is 1. The first-order valence-corrected chi connectivity index (χ1v) is 8.69. The molecule has 122 valence electrons. The van der Waals surface area contributed by atoms with E-state index in [1.807, 2.05) is 13.8 Å². The van der Waals surface area contributed by atoms with Crippen molar-refractivity contribution in [1.29, 1.82) is 0 Å². The van der Waals surface area contributed by atoms with Gasteiger partial charge in [-0.05, 0) is 56.2 Å². The van der Waals surface area contributed by atoms with Gasteiger partial charge in [-0.3, -0.25) is 4.72 Å². The van der Waals surface area contributed by atoms with Crippen molar-refractivity contribution in [2.24, 2.45) is 0 Å². The molecule has 0 aromatic heterocycles. The molecule has 0 saturated carbocycles. The minimum absolute atomic E-state index is 0.152. The lowest BCUT2D eigenvalue weighted by atomic mass is 10.1. The third-order valence-electron chi connectivity index (χ3n) is 3.46. The smallest absolute Gasteiger partial charge is 0.340 e. The highest BCUT2D eigenvalue weighted by Crippen LogP contribution is 2.22. The molecular weight excluding hydrogens is 314 g/mol. The number of hydrogen-bond acceptors (Lipinski definition) is 4. The Balaban J connectivity index is 2.38. The van der Waals surface area contributed by atoms with E-state index in [-0.39, 0.29) is 22.8 Å². The fourth-order valence-electron chi connectivity index (χ4n) is 2.04. The van der Waals surface area contributed by atoms with E-state index in [0.29, 0.717) is 0 Å². The Kier molecular flexibility index (Phi) is 5.05. The van der Waals surface area contributed by atoms with E-state index in [0.717, 1.165) is 11.1 Å². The highest BCUT2D eigenvalue weighted by Gasteiger charge is 2.19. The van der Waals surface area contributed by atoms with E-state index in [9.17, 15) is 13.2 Å². The van der Waals surface area contributed by atoms with E-state index < -0.39 is 16.0 Å².